The van der Waals surface area contributed by atoms with Crippen molar-refractivity contribution in [1.82, 2.24) is 25.1 Å². The van der Waals surface area contributed by atoms with Gasteiger partial charge in [0.1, 0.15) is 18.1 Å². The van der Waals surface area contributed by atoms with Crippen LogP contribution in [0.25, 0.3) is 10.9 Å². The smallest absolute Gasteiger partial charge is 0.361 e. The summed E-state index contributed by atoms with van der Waals surface area (Å²) < 4.78 is 38.7. The first-order chi connectivity index (χ1) is 13.3. The molecule has 0 aromatic carbocycles. The fourth-order valence-electron chi connectivity index (χ4n) is 2.78. The topological polar surface area (TPSA) is 84.7 Å². The van der Waals surface area contributed by atoms with E-state index in [1.165, 1.54) is 12.4 Å². The second kappa shape index (κ2) is 7.83. The van der Waals surface area contributed by atoms with Crippen molar-refractivity contribution in [2.45, 2.75) is 26.6 Å². The highest BCUT2D eigenvalue weighted by Gasteiger charge is 2.27. The summed E-state index contributed by atoms with van der Waals surface area (Å²) in [6.45, 7) is 3.22. The molecule has 7 nitrogen and oxygen atoms in total. The zero-order chi connectivity index (χ0) is 20.3. The molecular formula is C18H19F3N6O. The number of rotatable bonds is 6. The summed E-state index contributed by atoms with van der Waals surface area (Å²) in [5, 5.41) is 10.1. The average molecular weight is 392 g/mol. The molecule has 10 heteroatoms. The molecule has 28 heavy (non-hydrogen) atoms. The molecule has 3 rings (SSSR count). The van der Waals surface area contributed by atoms with E-state index < -0.39 is 12.7 Å². The number of nitrogens with one attached hydrogen (secondary N) is 2. The van der Waals surface area contributed by atoms with Gasteiger partial charge in [-0.3, -0.25) is 14.5 Å². The Balaban J connectivity index is 1.80. The van der Waals surface area contributed by atoms with Gasteiger partial charge >= 0.3 is 6.18 Å². The summed E-state index contributed by atoms with van der Waals surface area (Å²) in [6, 6.07) is 3.46. The Morgan fingerprint density at radius 3 is 2.75 bits per heavy atom. The van der Waals surface area contributed by atoms with Gasteiger partial charge in [-0.25, -0.2) is 4.98 Å². The number of nitrogens with zero attached hydrogens (tertiary/aromatic N) is 4. The minimum atomic E-state index is -4.31. The molecule has 3 aromatic rings. The van der Waals surface area contributed by atoms with Crippen molar-refractivity contribution in [2.75, 3.05) is 18.4 Å². The number of hydrogen-bond donors (Lipinski definition) is 2. The van der Waals surface area contributed by atoms with Gasteiger partial charge in [0.15, 0.2) is 0 Å². The minimum Gasteiger partial charge on any atom is -0.361 e. The first-order valence-electron chi connectivity index (χ1n) is 8.63. The predicted molar refractivity (Wildman–Crippen MR) is 98.2 cm³/mol. The fourth-order valence-corrected chi connectivity index (χ4v) is 2.78. The maximum atomic E-state index is 12.3. The number of fused-ring (bicyclic) bond motifs is 1. The molecule has 0 bridgehead atoms. The van der Waals surface area contributed by atoms with Gasteiger partial charge in [0.25, 0.3) is 5.91 Å². The molecule has 0 atom stereocenters. The third-order valence-corrected chi connectivity index (χ3v) is 3.97. The number of pyridine rings is 2. The largest absolute Gasteiger partial charge is 0.405 e. The second-order valence-corrected chi connectivity index (χ2v) is 6.26. The number of aromatic nitrogens is 4. The molecule has 148 valence electrons. The Labute approximate surface area is 159 Å². The lowest BCUT2D eigenvalue weighted by molar-refractivity contribution is -0.115. The summed E-state index contributed by atoms with van der Waals surface area (Å²) in [7, 11) is 0. The Bertz CT molecular complexity index is 999. The van der Waals surface area contributed by atoms with Gasteiger partial charge in [-0.15, -0.1) is 0 Å². The maximum Gasteiger partial charge on any atom is 0.405 e. The summed E-state index contributed by atoms with van der Waals surface area (Å²) in [5.41, 5.74) is 2.30. The summed E-state index contributed by atoms with van der Waals surface area (Å²) in [5.74, 6) is -0.0836. The number of aryl methyl sites for hydroxylation is 1. The van der Waals surface area contributed by atoms with Crippen molar-refractivity contribution in [3.05, 3.63) is 47.5 Å². The third-order valence-electron chi connectivity index (χ3n) is 3.97. The Kier molecular flexibility index (Phi) is 5.48. The lowest BCUT2D eigenvalue weighted by atomic mass is 10.2. The highest BCUT2D eigenvalue weighted by molar-refractivity contribution is 6.04. The van der Waals surface area contributed by atoms with E-state index in [9.17, 15) is 18.0 Å². The SMILES string of the molecule is CCNC(=O)c1nccc2nn(Cc3cnc(NCC(F)(F)F)c(C)c3)cc12. The maximum absolute atomic E-state index is 12.3. The molecular weight excluding hydrogens is 373 g/mol. The molecule has 3 heterocycles. The number of anilines is 1. The molecule has 0 fully saturated rings. The van der Waals surface area contributed by atoms with Crippen LogP contribution >= 0.6 is 0 Å². The molecule has 0 aliphatic heterocycles. The second-order valence-electron chi connectivity index (χ2n) is 6.26. The third kappa shape index (κ3) is 4.56. The first-order valence-corrected chi connectivity index (χ1v) is 8.63. The molecule has 3 aromatic heterocycles. The lowest BCUT2D eigenvalue weighted by Gasteiger charge is -2.12. The number of halogens is 3. The number of carbonyl (C=O) groups is 1. The van der Waals surface area contributed by atoms with Crippen LogP contribution in [-0.2, 0) is 6.54 Å². The van der Waals surface area contributed by atoms with Gasteiger partial charge in [-0.2, -0.15) is 18.3 Å². The highest BCUT2D eigenvalue weighted by atomic mass is 19.4. The molecule has 0 saturated carbocycles. The van der Waals surface area contributed by atoms with Crippen molar-refractivity contribution in [2.24, 2.45) is 0 Å². The van der Waals surface area contributed by atoms with Crippen LogP contribution in [0.2, 0.25) is 0 Å². The summed E-state index contributed by atoms with van der Waals surface area (Å²) in [6.07, 6.45) is 0.438. The van der Waals surface area contributed by atoms with Gasteiger partial charge in [0.2, 0.25) is 0 Å². The number of alkyl halides is 3. The monoisotopic (exact) mass is 392 g/mol. The van der Waals surface area contributed by atoms with Crippen LogP contribution in [0.3, 0.4) is 0 Å². The van der Waals surface area contributed by atoms with E-state index in [2.05, 4.69) is 25.7 Å². The van der Waals surface area contributed by atoms with E-state index in [1.807, 2.05) is 6.92 Å². The number of amides is 1. The minimum absolute atomic E-state index is 0.189. The van der Waals surface area contributed by atoms with Crippen LogP contribution < -0.4 is 10.6 Å². The molecule has 0 aliphatic rings. The van der Waals surface area contributed by atoms with Crippen LogP contribution in [0.1, 0.15) is 28.5 Å². The lowest BCUT2D eigenvalue weighted by Crippen LogP contribution is -2.23. The van der Waals surface area contributed by atoms with Gasteiger partial charge in [-0.1, -0.05) is 0 Å². The van der Waals surface area contributed by atoms with Gasteiger partial charge in [0.05, 0.1) is 17.4 Å². The Hall–Kier alpha value is -3.17. The molecule has 2 N–H and O–H groups in total. The first kappa shape index (κ1) is 19.6. The van der Waals surface area contributed by atoms with Crippen molar-refractivity contribution in [1.29, 1.82) is 0 Å². The fraction of sp³-hybridized carbons (Fsp3) is 0.333. The van der Waals surface area contributed by atoms with E-state index in [0.717, 1.165) is 5.56 Å². The van der Waals surface area contributed by atoms with Crippen LogP contribution in [0.5, 0.6) is 0 Å². The van der Waals surface area contributed by atoms with Crippen molar-refractivity contribution < 1.29 is 18.0 Å². The summed E-state index contributed by atoms with van der Waals surface area (Å²) >= 11 is 0. The Morgan fingerprint density at radius 2 is 2.07 bits per heavy atom. The Morgan fingerprint density at radius 1 is 1.29 bits per heavy atom. The van der Waals surface area contributed by atoms with Gasteiger partial charge in [-0.05, 0) is 37.1 Å². The molecule has 0 aliphatic carbocycles. The van der Waals surface area contributed by atoms with Gasteiger partial charge in [0, 0.05) is 25.1 Å². The van der Waals surface area contributed by atoms with E-state index >= 15 is 0 Å². The highest BCUT2D eigenvalue weighted by Crippen LogP contribution is 2.20. The molecule has 0 saturated heterocycles. The van der Waals surface area contributed by atoms with Crippen LogP contribution in [0.4, 0.5) is 19.0 Å². The molecule has 0 spiro atoms. The van der Waals surface area contributed by atoms with Crippen LogP contribution in [0.15, 0.2) is 30.7 Å². The normalized spacial score (nSPS) is 11.6. The van der Waals surface area contributed by atoms with E-state index in [-0.39, 0.29) is 11.7 Å². The quantitative estimate of drug-likeness (QED) is 0.674. The number of carbonyl (C=O) groups excluding carboxylic acids is 1. The van der Waals surface area contributed by atoms with E-state index in [0.29, 0.717) is 35.2 Å². The standard InChI is InChI=1S/C18H19F3N6O/c1-3-22-17(28)15-13-9-27(26-14(13)4-5-23-15)8-12-6-11(2)16(24-7-12)25-10-18(19,20)21/h4-7,9H,3,8,10H2,1-2H3,(H,22,28)(H,24,25). The van der Waals surface area contributed by atoms with Crippen LogP contribution in [-0.4, -0.2) is 44.9 Å². The molecule has 1 amide bonds. The molecule has 0 unspecified atom stereocenters. The van der Waals surface area contributed by atoms with Crippen molar-refractivity contribution in [3.63, 3.8) is 0 Å². The molecule has 0 radical (unpaired) electrons. The summed E-state index contributed by atoms with van der Waals surface area (Å²) in [4.78, 5) is 20.3. The van der Waals surface area contributed by atoms with Crippen LogP contribution in [0, 0.1) is 6.92 Å². The van der Waals surface area contributed by atoms with Gasteiger partial charge < -0.3 is 10.6 Å². The van der Waals surface area contributed by atoms with Crippen molar-refractivity contribution >= 4 is 22.6 Å². The predicted octanol–water partition coefficient (Wildman–Crippen LogP) is 2.91. The van der Waals surface area contributed by atoms with Crippen molar-refractivity contribution in [3.8, 4) is 0 Å². The van der Waals surface area contributed by atoms with E-state index in [1.54, 1.807) is 29.9 Å². The zero-order valence-electron chi connectivity index (χ0n) is 15.3. The number of hydrogen-bond acceptors (Lipinski definition) is 5. The zero-order valence-corrected chi connectivity index (χ0v) is 15.3. The van der Waals surface area contributed by atoms with E-state index in [4.69, 9.17) is 0 Å². The average Bonchev–Trinajstić information content (AvgIpc) is 3.02.